The second-order valence-corrected chi connectivity index (χ2v) is 9.42. The van der Waals surface area contributed by atoms with Crippen LogP contribution in [0.2, 0.25) is 0 Å². The Hall–Kier alpha value is -2.57. The predicted molar refractivity (Wildman–Crippen MR) is 110 cm³/mol. The Kier molecular flexibility index (Phi) is 5.71. The smallest absolute Gasteiger partial charge is 0.338 e. The van der Waals surface area contributed by atoms with Gasteiger partial charge >= 0.3 is 5.97 Å². The lowest BCUT2D eigenvalue weighted by Crippen LogP contribution is -2.56. The van der Waals surface area contributed by atoms with E-state index in [-0.39, 0.29) is 30.6 Å². The Morgan fingerprint density at radius 1 is 1.03 bits per heavy atom. The van der Waals surface area contributed by atoms with Crippen LogP contribution in [-0.2, 0) is 14.3 Å². The summed E-state index contributed by atoms with van der Waals surface area (Å²) in [5.41, 5.74) is 5.55. The molecule has 0 spiro atoms. The van der Waals surface area contributed by atoms with Crippen LogP contribution in [0.4, 0.5) is 0 Å². The van der Waals surface area contributed by atoms with Gasteiger partial charge in [-0.3, -0.25) is 9.59 Å². The second kappa shape index (κ2) is 8.28. The zero-order valence-corrected chi connectivity index (χ0v) is 17.4. The Labute approximate surface area is 176 Å². The van der Waals surface area contributed by atoms with Crippen LogP contribution in [0, 0.1) is 23.2 Å². The van der Waals surface area contributed by atoms with Crippen LogP contribution in [0.5, 0.6) is 5.75 Å². The molecule has 30 heavy (non-hydrogen) atoms. The maximum absolute atomic E-state index is 12.4. The van der Waals surface area contributed by atoms with Crippen LogP contribution in [-0.4, -0.2) is 37.0 Å². The van der Waals surface area contributed by atoms with Gasteiger partial charge in [0.25, 0.3) is 11.8 Å². The van der Waals surface area contributed by atoms with E-state index < -0.39 is 11.9 Å². The van der Waals surface area contributed by atoms with Crippen molar-refractivity contribution in [2.24, 2.45) is 28.9 Å². The number of ether oxygens (including phenoxy) is 2. The number of nitrogens with two attached hydrogens (primary N) is 1. The summed E-state index contributed by atoms with van der Waals surface area (Å²) < 4.78 is 10.3. The molecule has 3 N–H and O–H groups in total. The van der Waals surface area contributed by atoms with Crippen molar-refractivity contribution < 1.29 is 23.9 Å². The van der Waals surface area contributed by atoms with Crippen LogP contribution < -0.4 is 15.8 Å². The van der Waals surface area contributed by atoms with Gasteiger partial charge in [0, 0.05) is 6.04 Å². The van der Waals surface area contributed by atoms with Crippen LogP contribution in [0.25, 0.3) is 0 Å². The van der Waals surface area contributed by atoms with Crippen LogP contribution in [0.3, 0.4) is 0 Å². The van der Waals surface area contributed by atoms with E-state index >= 15 is 0 Å². The van der Waals surface area contributed by atoms with E-state index in [1.54, 1.807) is 12.1 Å². The van der Waals surface area contributed by atoms with Gasteiger partial charge in [0.2, 0.25) is 0 Å². The molecule has 0 unspecified atom stereocenters. The van der Waals surface area contributed by atoms with Gasteiger partial charge in [0.15, 0.2) is 13.2 Å². The number of hydrogen-bond acceptors (Lipinski definition) is 5. The first-order valence-corrected chi connectivity index (χ1v) is 10.8. The maximum atomic E-state index is 12.4. The number of rotatable bonds is 8. The van der Waals surface area contributed by atoms with E-state index in [9.17, 15) is 14.4 Å². The monoisotopic (exact) mass is 414 g/mol. The van der Waals surface area contributed by atoms with Crippen molar-refractivity contribution >= 4 is 17.8 Å². The minimum Gasteiger partial charge on any atom is -0.484 e. The summed E-state index contributed by atoms with van der Waals surface area (Å²) in [4.78, 5) is 35.4. The van der Waals surface area contributed by atoms with Crippen molar-refractivity contribution in [3.8, 4) is 5.75 Å². The molecule has 0 aliphatic heterocycles. The third-order valence-electron chi connectivity index (χ3n) is 7.19. The van der Waals surface area contributed by atoms with Crippen LogP contribution >= 0.6 is 0 Å². The third-order valence-corrected chi connectivity index (χ3v) is 7.19. The largest absolute Gasteiger partial charge is 0.484 e. The molecule has 0 saturated heterocycles. The topological polar surface area (TPSA) is 108 Å². The highest BCUT2D eigenvalue weighted by atomic mass is 16.5. The molecule has 4 saturated carbocycles. The summed E-state index contributed by atoms with van der Waals surface area (Å²) in [6, 6.07) is 6.24. The fourth-order valence-corrected chi connectivity index (χ4v) is 6.20. The van der Waals surface area contributed by atoms with Crippen molar-refractivity contribution in [1.82, 2.24) is 5.32 Å². The summed E-state index contributed by atoms with van der Waals surface area (Å²) in [7, 11) is 0. The fourth-order valence-electron chi connectivity index (χ4n) is 6.20. The van der Waals surface area contributed by atoms with Crippen LogP contribution in [0.15, 0.2) is 24.3 Å². The van der Waals surface area contributed by atoms with Crippen molar-refractivity contribution in [2.45, 2.75) is 51.5 Å². The predicted octanol–water partition coefficient (Wildman–Crippen LogP) is 2.43. The quantitative estimate of drug-likeness (QED) is 0.635. The zero-order valence-electron chi connectivity index (χ0n) is 17.4. The average molecular weight is 415 g/mol. The molecular weight excluding hydrogens is 384 g/mol. The van der Waals surface area contributed by atoms with E-state index in [1.807, 2.05) is 0 Å². The molecule has 7 nitrogen and oxygen atoms in total. The number of primary amides is 1. The van der Waals surface area contributed by atoms with Gasteiger partial charge in [0.1, 0.15) is 5.75 Å². The summed E-state index contributed by atoms with van der Waals surface area (Å²) in [6.45, 7) is 1.58. The molecule has 5 rings (SSSR count). The Morgan fingerprint density at radius 2 is 1.60 bits per heavy atom. The summed E-state index contributed by atoms with van der Waals surface area (Å²) in [6.07, 6.45) is 7.73. The molecule has 0 heterocycles. The van der Waals surface area contributed by atoms with Gasteiger partial charge in [0.05, 0.1) is 5.56 Å². The first kappa shape index (κ1) is 20.7. The number of benzene rings is 1. The number of nitrogens with one attached hydrogen (secondary N) is 1. The van der Waals surface area contributed by atoms with Crippen molar-refractivity contribution in [3.05, 3.63) is 29.8 Å². The van der Waals surface area contributed by atoms with Gasteiger partial charge in [-0.25, -0.2) is 4.79 Å². The van der Waals surface area contributed by atoms with E-state index in [0.717, 1.165) is 17.8 Å². The minimum absolute atomic E-state index is 0.0961. The molecule has 1 atom stereocenters. The molecule has 1 aromatic carbocycles. The average Bonchev–Trinajstić information content (AvgIpc) is 2.70. The highest BCUT2D eigenvalue weighted by Gasteiger charge is 2.53. The Bertz CT molecular complexity index is 784. The third kappa shape index (κ3) is 4.45. The highest BCUT2D eigenvalue weighted by molar-refractivity contribution is 5.91. The van der Waals surface area contributed by atoms with Crippen molar-refractivity contribution in [2.75, 3.05) is 13.2 Å². The first-order chi connectivity index (χ1) is 14.3. The van der Waals surface area contributed by atoms with E-state index in [1.165, 1.54) is 50.7 Å². The summed E-state index contributed by atoms with van der Waals surface area (Å²) in [5, 5.41) is 3.10. The number of esters is 1. The molecule has 4 fully saturated rings. The van der Waals surface area contributed by atoms with Crippen molar-refractivity contribution in [1.29, 1.82) is 0 Å². The maximum Gasteiger partial charge on any atom is 0.338 e. The zero-order chi connectivity index (χ0) is 21.3. The fraction of sp³-hybridized carbons (Fsp3) is 0.609. The second-order valence-electron chi connectivity index (χ2n) is 9.42. The Balaban J connectivity index is 1.25. The minimum atomic E-state index is -0.577. The van der Waals surface area contributed by atoms with E-state index in [2.05, 4.69) is 12.2 Å². The molecule has 4 aliphatic rings. The summed E-state index contributed by atoms with van der Waals surface area (Å²) >= 11 is 0. The van der Waals surface area contributed by atoms with Gasteiger partial charge in [-0.15, -0.1) is 0 Å². The van der Waals surface area contributed by atoms with Gasteiger partial charge < -0.3 is 20.5 Å². The lowest BCUT2D eigenvalue weighted by molar-refractivity contribution is -0.128. The molecule has 0 aromatic heterocycles. The number of amides is 2. The molecule has 4 bridgehead atoms. The number of hydrogen-bond donors (Lipinski definition) is 2. The van der Waals surface area contributed by atoms with E-state index in [0.29, 0.717) is 11.3 Å². The van der Waals surface area contributed by atoms with E-state index in [4.69, 9.17) is 15.2 Å². The van der Waals surface area contributed by atoms with Crippen LogP contribution in [0.1, 0.15) is 55.8 Å². The standard InChI is InChI=1S/C23H30N2O5/c1-14(23-9-15-6-16(10-23)8-17(7-15)11-23)25-21(27)13-30-22(28)18-2-4-19(5-3-18)29-12-20(24)26/h2-5,14-17H,6-13H2,1H3,(H2,24,26)(H,25,27)/t14-,15?,16?,17?,23?/m0/s1. The van der Waals surface area contributed by atoms with Crippen molar-refractivity contribution in [3.63, 3.8) is 0 Å². The first-order valence-electron chi connectivity index (χ1n) is 10.8. The molecule has 4 aliphatic carbocycles. The lowest BCUT2D eigenvalue weighted by Gasteiger charge is -2.59. The molecular formula is C23H30N2O5. The molecule has 162 valence electrons. The normalized spacial score (nSPS) is 29.8. The van der Waals surface area contributed by atoms with Gasteiger partial charge in [-0.2, -0.15) is 0 Å². The molecule has 1 aromatic rings. The molecule has 2 amide bonds. The number of carbonyl (C=O) groups excluding carboxylic acids is 3. The van der Waals surface area contributed by atoms with Gasteiger partial charge in [-0.1, -0.05) is 0 Å². The molecule has 0 radical (unpaired) electrons. The Morgan fingerprint density at radius 3 is 2.13 bits per heavy atom. The molecule has 7 heteroatoms. The van der Waals surface area contributed by atoms with Gasteiger partial charge in [-0.05, 0) is 92.9 Å². The summed E-state index contributed by atoms with van der Waals surface area (Å²) in [5.74, 6) is 1.48. The lowest BCUT2D eigenvalue weighted by atomic mass is 9.48. The number of carbonyl (C=O) groups is 3. The SMILES string of the molecule is C[C@H](NC(=O)COC(=O)c1ccc(OCC(N)=O)cc1)C12CC3CC(CC(C3)C1)C2. The highest BCUT2D eigenvalue weighted by Crippen LogP contribution is 2.61.